The van der Waals surface area contributed by atoms with Crippen LogP contribution >= 0.6 is 0 Å². The van der Waals surface area contributed by atoms with Gasteiger partial charge in [0.25, 0.3) is 0 Å². The summed E-state index contributed by atoms with van der Waals surface area (Å²) in [6, 6.07) is 6.74. The minimum Gasteiger partial charge on any atom is -0.335 e. The summed E-state index contributed by atoms with van der Waals surface area (Å²) in [6.07, 6.45) is 13.0. The van der Waals surface area contributed by atoms with Gasteiger partial charge in [-0.25, -0.2) is 4.79 Å². The van der Waals surface area contributed by atoms with Gasteiger partial charge in [0, 0.05) is 11.7 Å². The highest BCUT2D eigenvalue weighted by atomic mass is 16.2. The van der Waals surface area contributed by atoms with Crippen LogP contribution in [0.1, 0.15) is 69.4 Å². The molecule has 2 N–H and O–H groups in total. The van der Waals surface area contributed by atoms with Crippen LogP contribution < -0.4 is 10.6 Å². The molecule has 3 nitrogen and oxygen atoms in total. The van der Waals surface area contributed by atoms with Gasteiger partial charge in [-0.3, -0.25) is 0 Å². The maximum absolute atomic E-state index is 12.8. The molecular formula is C23H32N2O. The maximum Gasteiger partial charge on any atom is 0.319 e. The number of hydrogen-bond donors (Lipinski definition) is 2. The van der Waals surface area contributed by atoms with Gasteiger partial charge >= 0.3 is 6.03 Å². The second kappa shape index (κ2) is 6.28. The molecule has 5 aliphatic rings. The number of nitrogens with one attached hydrogen (secondary N) is 2. The van der Waals surface area contributed by atoms with E-state index >= 15 is 0 Å². The summed E-state index contributed by atoms with van der Waals surface area (Å²) in [5, 5.41) is 6.51. The number of fused-ring (bicyclic) bond motifs is 1. The zero-order valence-electron chi connectivity index (χ0n) is 16.0. The second-order valence-corrected chi connectivity index (χ2v) is 9.68. The van der Waals surface area contributed by atoms with Gasteiger partial charge in [0.05, 0.1) is 0 Å². The Hall–Kier alpha value is -1.51. The van der Waals surface area contributed by atoms with Crippen molar-refractivity contribution in [3.05, 3.63) is 29.3 Å². The molecule has 1 aromatic carbocycles. The molecule has 4 fully saturated rings. The zero-order chi connectivity index (χ0) is 17.7. The Morgan fingerprint density at radius 3 is 2.38 bits per heavy atom. The summed E-state index contributed by atoms with van der Waals surface area (Å²) in [6.45, 7) is 2.25. The van der Waals surface area contributed by atoms with Crippen molar-refractivity contribution < 1.29 is 4.79 Å². The Kier molecular flexibility index (Phi) is 4.02. The highest BCUT2D eigenvalue weighted by molar-refractivity contribution is 5.89. The largest absolute Gasteiger partial charge is 0.335 e. The van der Waals surface area contributed by atoms with Gasteiger partial charge in [0.2, 0.25) is 0 Å². The third kappa shape index (κ3) is 2.84. The van der Waals surface area contributed by atoms with Crippen LogP contribution in [-0.2, 0) is 12.8 Å². The zero-order valence-corrected chi connectivity index (χ0v) is 16.0. The fourth-order valence-electron chi connectivity index (χ4n) is 7.27. The average Bonchev–Trinajstić information content (AvgIpc) is 3.06. The molecule has 0 aliphatic heterocycles. The van der Waals surface area contributed by atoms with Gasteiger partial charge in [-0.05, 0) is 111 Å². The van der Waals surface area contributed by atoms with Gasteiger partial charge in [-0.15, -0.1) is 0 Å². The van der Waals surface area contributed by atoms with Crippen molar-refractivity contribution in [3.63, 3.8) is 0 Å². The van der Waals surface area contributed by atoms with Crippen molar-refractivity contribution >= 4 is 11.7 Å². The molecule has 1 unspecified atom stereocenters. The lowest BCUT2D eigenvalue weighted by Gasteiger charge is -2.59. The third-order valence-corrected chi connectivity index (χ3v) is 7.89. The number of hydrogen-bond acceptors (Lipinski definition) is 1. The molecule has 2 amide bonds. The average molecular weight is 353 g/mol. The van der Waals surface area contributed by atoms with E-state index in [9.17, 15) is 4.79 Å². The summed E-state index contributed by atoms with van der Waals surface area (Å²) in [7, 11) is 0. The Morgan fingerprint density at radius 1 is 1.08 bits per heavy atom. The molecular weight excluding hydrogens is 320 g/mol. The Labute approximate surface area is 157 Å². The van der Waals surface area contributed by atoms with Gasteiger partial charge in [0.1, 0.15) is 0 Å². The molecule has 0 aromatic heterocycles. The number of carbonyl (C=O) groups is 1. The maximum atomic E-state index is 12.8. The van der Waals surface area contributed by atoms with Crippen LogP contribution in [0, 0.1) is 23.2 Å². The molecule has 0 saturated heterocycles. The Bertz CT molecular complexity index is 675. The minimum atomic E-state index is -0.00876. The molecule has 26 heavy (non-hydrogen) atoms. The predicted octanol–water partition coefficient (Wildman–Crippen LogP) is 5.29. The molecule has 5 aliphatic carbocycles. The standard InChI is InChI=1S/C23H32N2O/c1-2-21(23-12-15-8-16(13-23)10-17(9-15)14-23)25-22(26)24-20-7-6-18-4-3-5-19(18)11-20/h6-7,11,15-17,21H,2-5,8-10,12-14H2,1H3,(H2,24,25,26). The normalized spacial score (nSPS) is 35.2. The molecule has 4 bridgehead atoms. The monoisotopic (exact) mass is 352 g/mol. The van der Waals surface area contributed by atoms with Crippen LogP contribution in [0.25, 0.3) is 0 Å². The number of anilines is 1. The highest BCUT2D eigenvalue weighted by Gasteiger charge is 2.54. The van der Waals surface area contributed by atoms with Gasteiger partial charge in [0.15, 0.2) is 0 Å². The van der Waals surface area contributed by atoms with Crippen LogP contribution in [0.3, 0.4) is 0 Å². The number of aryl methyl sites for hydroxylation is 2. The molecule has 1 atom stereocenters. The fraction of sp³-hybridized carbons (Fsp3) is 0.696. The lowest BCUT2D eigenvalue weighted by molar-refractivity contribution is -0.0719. The van der Waals surface area contributed by atoms with E-state index in [-0.39, 0.29) is 6.03 Å². The van der Waals surface area contributed by atoms with Crippen molar-refractivity contribution in [2.45, 2.75) is 77.2 Å². The first kappa shape index (κ1) is 16.6. The summed E-state index contributed by atoms with van der Waals surface area (Å²) < 4.78 is 0. The second-order valence-electron chi connectivity index (χ2n) is 9.68. The molecule has 6 rings (SSSR count). The van der Waals surface area contributed by atoms with Gasteiger partial charge in [-0.2, -0.15) is 0 Å². The number of carbonyl (C=O) groups excluding carboxylic acids is 1. The summed E-state index contributed by atoms with van der Waals surface area (Å²) in [5.41, 5.74) is 4.19. The predicted molar refractivity (Wildman–Crippen MR) is 105 cm³/mol. The van der Waals surface area contributed by atoms with E-state index in [0.29, 0.717) is 11.5 Å². The Morgan fingerprint density at radius 2 is 1.73 bits per heavy atom. The topological polar surface area (TPSA) is 41.1 Å². The van der Waals surface area contributed by atoms with Gasteiger partial charge < -0.3 is 10.6 Å². The fourth-order valence-corrected chi connectivity index (χ4v) is 7.27. The quantitative estimate of drug-likeness (QED) is 0.759. The van der Waals surface area contributed by atoms with E-state index in [1.165, 1.54) is 62.5 Å². The first-order valence-electron chi connectivity index (χ1n) is 10.8. The lowest BCUT2D eigenvalue weighted by atomic mass is 9.47. The lowest BCUT2D eigenvalue weighted by Crippen LogP contribution is -2.57. The van der Waals surface area contributed by atoms with Crippen molar-refractivity contribution in [3.8, 4) is 0 Å². The van der Waals surface area contributed by atoms with E-state index < -0.39 is 0 Å². The van der Waals surface area contributed by atoms with Gasteiger partial charge in [-0.1, -0.05) is 13.0 Å². The molecule has 3 heteroatoms. The summed E-state index contributed by atoms with van der Waals surface area (Å²) in [4.78, 5) is 12.8. The molecule has 1 aromatic rings. The third-order valence-electron chi connectivity index (χ3n) is 7.89. The summed E-state index contributed by atoms with van der Waals surface area (Å²) in [5.74, 6) is 2.78. The van der Waals surface area contributed by atoms with Crippen LogP contribution in [0.5, 0.6) is 0 Å². The van der Waals surface area contributed by atoms with Crippen LogP contribution in [-0.4, -0.2) is 12.1 Å². The van der Waals surface area contributed by atoms with E-state index in [4.69, 9.17) is 0 Å². The van der Waals surface area contributed by atoms with Crippen molar-refractivity contribution in [2.24, 2.45) is 23.2 Å². The molecule has 4 saturated carbocycles. The van der Waals surface area contributed by atoms with Crippen molar-refractivity contribution in [2.75, 3.05) is 5.32 Å². The van der Waals surface area contributed by atoms with Crippen molar-refractivity contribution in [1.29, 1.82) is 0 Å². The summed E-state index contributed by atoms with van der Waals surface area (Å²) >= 11 is 0. The number of rotatable bonds is 4. The van der Waals surface area contributed by atoms with E-state index in [0.717, 1.165) is 36.3 Å². The van der Waals surface area contributed by atoms with Crippen LogP contribution in [0.2, 0.25) is 0 Å². The minimum absolute atomic E-state index is 0.00876. The Balaban J connectivity index is 1.28. The van der Waals surface area contributed by atoms with Crippen LogP contribution in [0.15, 0.2) is 18.2 Å². The molecule has 0 spiro atoms. The van der Waals surface area contributed by atoms with Crippen molar-refractivity contribution in [1.82, 2.24) is 5.32 Å². The van der Waals surface area contributed by atoms with Crippen LogP contribution in [0.4, 0.5) is 10.5 Å². The molecule has 0 heterocycles. The smallest absolute Gasteiger partial charge is 0.319 e. The molecule has 0 radical (unpaired) electrons. The van der Waals surface area contributed by atoms with E-state index in [1.54, 1.807) is 0 Å². The first-order valence-corrected chi connectivity index (χ1v) is 10.8. The highest BCUT2D eigenvalue weighted by Crippen LogP contribution is 2.61. The number of urea groups is 1. The molecule has 140 valence electrons. The first-order chi connectivity index (χ1) is 12.6. The van der Waals surface area contributed by atoms with E-state index in [1.807, 2.05) is 0 Å². The SMILES string of the molecule is CCC(NC(=O)Nc1ccc2c(c1)CCC2)C12CC3CC(CC(C3)C1)C2. The van der Waals surface area contributed by atoms with E-state index in [2.05, 4.69) is 35.8 Å². The number of amides is 2. The number of benzene rings is 1.